The molecule has 1 amide bonds. The average molecular weight is 362 g/mol. The Morgan fingerprint density at radius 2 is 1.84 bits per heavy atom. The Balaban J connectivity index is 1.72. The Bertz CT molecular complexity index is 716. The van der Waals surface area contributed by atoms with Crippen LogP contribution in [0.1, 0.15) is 21.5 Å². The van der Waals surface area contributed by atoms with Crippen molar-refractivity contribution < 1.29 is 19.1 Å². The van der Waals surface area contributed by atoms with E-state index >= 15 is 0 Å². The first-order valence-corrected chi connectivity index (χ1v) is 8.22. The minimum atomic E-state index is -0.536. The Labute approximate surface area is 151 Å². The smallest absolute Gasteiger partial charge is 0.338 e. The van der Waals surface area contributed by atoms with Gasteiger partial charge in [-0.25, -0.2) is 4.79 Å². The first-order valence-electron chi connectivity index (χ1n) is 7.84. The van der Waals surface area contributed by atoms with Crippen molar-refractivity contribution >= 4 is 23.5 Å². The van der Waals surface area contributed by atoms with Gasteiger partial charge in [0.2, 0.25) is 0 Å². The van der Waals surface area contributed by atoms with Crippen molar-refractivity contribution in [3.8, 4) is 0 Å². The number of ether oxygens (including phenoxy) is 2. The maximum atomic E-state index is 12.0. The molecule has 0 atom stereocenters. The van der Waals surface area contributed by atoms with Gasteiger partial charge in [-0.1, -0.05) is 35.9 Å². The van der Waals surface area contributed by atoms with E-state index in [1.54, 1.807) is 37.4 Å². The Morgan fingerprint density at radius 3 is 2.56 bits per heavy atom. The van der Waals surface area contributed by atoms with Crippen LogP contribution in [-0.4, -0.2) is 32.1 Å². The van der Waals surface area contributed by atoms with Gasteiger partial charge in [-0.3, -0.25) is 4.79 Å². The Morgan fingerprint density at radius 1 is 1.08 bits per heavy atom. The van der Waals surface area contributed by atoms with Gasteiger partial charge in [0.1, 0.15) is 0 Å². The zero-order chi connectivity index (χ0) is 18.1. The molecule has 2 aromatic rings. The van der Waals surface area contributed by atoms with Crippen LogP contribution in [0.25, 0.3) is 0 Å². The molecule has 1 N–H and O–H groups in total. The van der Waals surface area contributed by atoms with Crippen LogP contribution >= 0.6 is 11.6 Å². The molecule has 5 nitrogen and oxygen atoms in total. The van der Waals surface area contributed by atoms with Crippen molar-refractivity contribution in [3.63, 3.8) is 0 Å². The van der Waals surface area contributed by atoms with Gasteiger partial charge in [-0.15, -0.1) is 0 Å². The largest absolute Gasteiger partial charge is 0.452 e. The Kier molecular flexibility index (Phi) is 7.44. The third-order valence-corrected chi connectivity index (χ3v) is 3.71. The average Bonchev–Trinajstić information content (AvgIpc) is 2.62. The van der Waals surface area contributed by atoms with Gasteiger partial charge in [0.25, 0.3) is 5.91 Å². The Hall–Kier alpha value is -2.37. The highest BCUT2D eigenvalue weighted by Gasteiger charge is 2.10. The monoisotopic (exact) mass is 361 g/mol. The topological polar surface area (TPSA) is 64.6 Å². The predicted molar refractivity (Wildman–Crippen MR) is 95.6 cm³/mol. The van der Waals surface area contributed by atoms with Crippen LogP contribution in [0.4, 0.5) is 0 Å². The fraction of sp³-hybridized carbons (Fsp3) is 0.263. The molecule has 0 spiro atoms. The summed E-state index contributed by atoms with van der Waals surface area (Å²) in [5.41, 5.74) is 2.32. The van der Waals surface area contributed by atoms with Gasteiger partial charge in [-0.2, -0.15) is 0 Å². The van der Waals surface area contributed by atoms with E-state index in [0.717, 1.165) is 11.1 Å². The SMILES string of the molecule is COCc1cccc(C(=O)OCC(=O)NCCc2ccc(Cl)cc2)c1. The van der Waals surface area contributed by atoms with Crippen molar-refractivity contribution in [2.45, 2.75) is 13.0 Å². The molecule has 0 fully saturated rings. The number of hydrogen-bond donors (Lipinski definition) is 1. The fourth-order valence-corrected chi connectivity index (χ4v) is 2.34. The predicted octanol–water partition coefficient (Wildman–Crippen LogP) is 3.00. The molecular weight excluding hydrogens is 342 g/mol. The second-order valence-corrected chi connectivity index (χ2v) is 5.87. The summed E-state index contributed by atoms with van der Waals surface area (Å²) in [6, 6.07) is 14.3. The highest BCUT2D eigenvalue weighted by Crippen LogP contribution is 2.10. The van der Waals surface area contributed by atoms with Crippen LogP contribution < -0.4 is 5.32 Å². The summed E-state index contributed by atoms with van der Waals surface area (Å²) in [5, 5.41) is 3.39. The van der Waals surface area contributed by atoms with E-state index in [1.807, 2.05) is 18.2 Å². The molecule has 6 heteroatoms. The minimum absolute atomic E-state index is 0.312. The zero-order valence-corrected chi connectivity index (χ0v) is 14.7. The van der Waals surface area contributed by atoms with Gasteiger partial charge < -0.3 is 14.8 Å². The number of esters is 1. The highest BCUT2D eigenvalue weighted by molar-refractivity contribution is 6.30. The van der Waals surface area contributed by atoms with Crippen molar-refractivity contribution in [1.82, 2.24) is 5.32 Å². The minimum Gasteiger partial charge on any atom is -0.452 e. The van der Waals surface area contributed by atoms with E-state index in [4.69, 9.17) is 21.1 Å². The van der Waals surface area contributed by atoms with Crippen LogP contribution in [0, 0.1) is 0 Å². The number of hydrogen-bond acceptors (Lipinski definition) is 4. The third-order valence-electron chi connectivity index (χ3n) is 3.46. The van der Waals surface area contributed by atoms with Crippen LogP contribution in [0.3, 0.4) is 0 Å². The molecule has 0 saturated carbocycles. The lowest BCUT2D eigenvalue weighted by atomic mass is 10.1. The van der Waals surface area contributed by atoms with E-state index in [1.165, 1.54) is 0 Å². The highest BCUT2D eigenvalue weighted by atomic mass is 35.5. The number of carbonyl (C=O) groups excluding carboxylic acids is 2. The quantitative estimate of drug-likeness (QED) is 0.734. The van der Waals surface area contributed by atoms with Gasteiger partial charge in [0.05, 0.1) is 12.2 Å². The maximum absolute atomic E-state index is 12.0. The van der Waals surface area contributed by atoms with E-state index in [0.29, 0.717) is 30.2 Å². The molecule has 0 aliphatic rings. The lowest BCUT2D eigenvalue weighted by molar-refractivity contribution is -0.124. The molecule has 0 aliphatic heterocycles. The molecule has 0 radical (unpaired) electrons. The molecule has 0 unspecified atom stereocenters. The van der Waals surface area contributed by atoms with Crippen LogP contribution in [0.5, 0.6) is 0 Å². The first kappa shape index (κ1) is 19.0. The molecule has 0 saturated heterocycles. The number of amides is 1. The number of rotatable bonds is 8. The van der Waals surface area contributed by atoms with E-state index < -0.39 is 5.97 Å². The van der Waals surface area contributed by atoms with E-state index in [2.05, 4.69) is 5.32 Å². The maximum Gasteiger partial charge on any atom is 0.338 e. The molecule has 2 rings (SSSR count). The summed E-state index contributed by atoms with van der Waals surface area (Å²) < 4.78 is 10.1. The van der Waals surface area contributed by atoms with Gasteiger partial charge >= 0.3 is 5.97 Å². The normalized spacial score (nSPS) is 10.3. The van der Waals surface area contributed by atoms with Crippen molar-refractivity contribution in [2.24, 2.45) is 0 Å². The van der Waals surface area contributed by atoms with Crippen molar-refractivity contribution in [1.29, 1.82) is 0 Å². The summed E-state index contributed by atoms with van der Waals surface area (Å²) in [5.74, 6) is -0.874. The fourth-order valence-electron chi connectivity index (χ4n) is 2.22. The number of methoxy groups -OCH3 is 1. The third kappa shape index (κ3) is 6.57. The standard InChI is InChI=1S/C19H20ClNO4/c1-24-12-15-3-2-4-16(11-15)19(23)25-13-18(22)21-10-9-14-5-7-17(20)8-6-14/h2-8,11H,9-10,12-13H2,1H3,(H,21,22). The summed E-state index contributed by atoms with van der Waals surface area (Å²) in [7, 11) is 1.58. The summed E-state index contributed by atoms with van der Waals surface area (Å²) >= 11 is 5.82. The lowest BCUT2D eigenvalue weighted by Gasteiger charge is -2.08. The molecule has 132 valence electrons. The summed E-state index contributed by atoms with van der Waals surface area (Å²) in [6.07, 6.45) is 0.677. The lowest BCUT2D eigenvalue weighted by Crippen LogP contribution is -2.30. The van der Waals surface area contributed by atoms with Crippen LogP contribution in [0.15, 0.2) is 48.5 Å². The molecular formula is C19H20ClNO4. The number of halogens is 1. The summed E-state index contributed by atoms with van der Waals surface area (Å²) in [6.45, 7) is 0.557. The molecule has 2 aromatic carbocycles. The number of benzene rings is 2. The summed E-state index contributed by atoms with van der Waals surface area (Å²) in [4.78, 5) is 23.7. The van der Waals surface area contributed by atoms with Gasteiger partial charge in [-0.05, 0) is 41.8 Å². The van der Waals surface area contributed by atoms with Crippen LogP contribution in [0.2, 0.25) is 5.02 Å². The van der Waals surface area contributed by atoms with E-state index in [-0.39, 0.29) is 12.5 Å². The molecule has 25 heavy (non-hydrogen) atoms. The first-order chi connectivity index (χ1) is 12.1. The van der Waals surface area contributed by atoms with Gasteiger partial charge in [0.15, 0.2) is 6.61 Å². The zero-order valence-electron chi connectivity index (χ0n) is 14.0. The van der Waals surface area contributed by atoms with Crippen molar-refractivity contribution in [2.75, 3.05) is 20.3 Å². The number of nitrogens with one attached hydrogen (secondary N) is 1. The van der Waals surface area contributed by atoms with E-state index in [9.17, 15) is 9.59 Å². The molecule has 0 aromatic heterocycles. The second-order valence-electron chi connectivity index (χ2n) is 5.44. The molecule has 0 bridgehead atoms. The molecule has 0 heterocycles. The number of carbonyl (C=O) groups is 2. The second kappa shape index (κ2) is 9.81. The van der Waals surface area contributed by atoms with Crippen LogP contribution in [-0.2, 0) is 27.3 Å². The van der Waals surface area contributed by atoms with Gasteiger partial charge in [0, 0.05) is 18.7 Å². The molecule has 0 aliphatic carbocycles. The van der Waals surface area contributed by atoms with Crippen molar-refractivity contribution in [3.05, 3.63) is 70.2 Å².